The molecular formula is C22H26FNO4. The maximum Gasteiger partial charge on any atom is 0.325 e. The van der Waals surface area contributed by atoms with Crippen LogP contribution < -0.4 is 10.1 Å². The van der Waals surface area contributed by atoms with E-state index in [-0.39, 0.29) is 11.0 Å². The number of amides is 1. The zero-order chi connectivity index (χ0) is 19.6. The molecule has 28 heavy (non-hydrogen) atoms. The quantitative estimate of drug-likeness (QED) is 0.748. The van der Waals surface area contributed by atoms with Crippen LogP contribution in [0.3, 0.4) is 0 Å². The Balaban J connectivity index is 1.36. The third kappa shape index (κ3) is 2.80. The lowest BCUT2D eigenvalue weighted by atomic mass is 9.82. The van der Waals surface area contributed by atoms with E-state index in [2.05, 4.69) is 5.32 Å². The molecular weight excluding hydrogens is 361 g/mol. The highest BCUT2D eigenvalue weighted by Crippen LogP contribution is 2.70. The Kier molecular flexibility index (Phi) is 3.97. The van der Waals surface area contributed by atoms with Gasteiger partial charge in [0.2, 0.25) is 0 Å². The molecule has 5 nitrogen and oxygen atoms in total. The van der Waals surface area contributed by atoms with Crippen molar-refractivity contribution < 1.29 is 23.8 Å². The van der Waals surface area contributed by atoms with Crippen molar-refractivity contribution in [1.29, 1.82) is 0 Å². The molecule has 5 aliphatic carbocycles. The standard InChI is InChI=1S/C22H26FNO4/c1-11(21(26)27)24-20(25)17-6-16(12-2-3-12)19(7-18(17)23)28-10-22-8-13-4-15(22)5-14(13)9-22/h6-7,11-15H,2-5,8-10H2,1H3,(H,24,25)(H,26,27)/t11-,13?,14?,15?,22?/m0/s1. The largest absolute Gasteiger partial charge is 0.493 e. The third-order valence-corrected chi connectivity index (χ3v) is 7.64. The van der Waals surface area contributed by atoms with E-state index < -0.39 is 23.7 Å². The SMILES string of the molecule is C[C@H](NC(=O)c1cc(C2CC2)c(OCC23CC4CC2CC4C3)cc1F)C(=O)O. The molecule has 150 valence electrons. The van der Waals surface area contributed by atoms with Gasteiger partial charge in [-0.05, 0) is 80.8 Å². The number of ether oxygens (including phenoxy) is 1. The first-order chi connectivity index (χ1) is 13.4. The monoisotopic (exact) mass is 387 g/mol. The summed E-state index contributed by atoms with van der Waals surface area (Å²) in [4.78, 5) is 23.3. The van der Waals surface area contributed by atoms with Crippen molar-refractivity contribution in [1.82, 2.24) is 5.32 Å². The summed E-state index contributed by atoms with van der Waals surface area (Å²) in [6, 6.07) is 1.82. The fourth-order valence-electron chi connectivity index (χ4n) is 6.05. The minimum absolute atomic E-state index is 0.107. The minimum Gasteiger partial charge on any atom is -0.493 e. The molecule has 2 unspecified atom stereocenters. The second-order valence-electron chi connectivity index (χ2n) is 9.43. The number of halogens is 1. The molecule has 0 aromatic heterocycles. The van der Waals surface area contributed by atoms with Gasteiger partial charge in [-0.1, -0.05) is 0 Å². The van der Waals surface area contributed by atoms with Crippen molar-refractivity contribution in [2.75, 3.05) is 6.61 Å². The number of hydrogen-bond donors (Lipinski definition) is 2. The molecule has 0 heterocycles. The molecule has 5 aliphatic rings. The maximum absolute atomic E-state index is 14.7. The van der Waals surface area contributed by atoms with E-state index in [1.165, 1.54) is 38.7 Å². The number of nitrogens with one attached hydrogen (secondary N) is 1. The first-order valence-corrected chi connectivity index (χ1v) is 10.4. The first kappa shape index (κ1) is 18.0. The molecule has 0 aliphatic heterocycles. The Bertz CT molecular complexity index is 835. The van der Waals surface area contributed by atoms with Crippen LogP contribution in [0.2, 0.25) is 0 Å². The molecule has 1 aromatic carbocycles. The molecule has 5 saturated carbocycles. The van der Waals surface area contributed by atoms with Crippen molar-refractivity contribution in [2.24, 2.45) is 23.2 Å². The fraction of sp³-hybridized carbons (Fsp3) is 0.636. The smallest absolute Gasteiger partial charge is 0.325 e. The van der Waals surface area contributed by atoms with Gasteiger partial charge in [-0.2, -0.15) is 0 Å². The van der Waals surface area contributed by atoms with E-state index in [4.69, 9.17) is 9.84 Å². The summed E-state index contributed by atoms with van der Waals surface area (Å²) in [5.41, 5.74) is 1.05. The molecule has 5 fully saturated rings. The number of carbonyl (C=O) groups is 2. The molecule has 6 heteroatoms. The van der Waals surface area contributed by atoms with Gasteiger partial charge in [0.15, 0.2) is 0 Å². The lowest BCUT2D eigenvalue weighted by molar-refractivity contribution is -0.138. The highest BCUT2D eigenvalue weighted by atomic mass is 19.1. The van der Waals surface area contributed by atoms with Gasteiger partial charge in [0, 0.05) is 11.5 Å². The summed E-state index contributed by atoms with van der Waals surface area (Å²) in [7, 11) is 0. The summed E-state index contributed by atoms with van der Waals surface area (Å²) in [6.45, 7) is 2.00. The molecule has 0 spiro atoms. The molecule has 3 atom stereocenters. The number of hydrogen-bond acceptors (Lipinski definition) is 3. The third-order valence-electron chi connectivity index (χ3n) is 7.64. The van der Waals surface area contributed by atoms with Gasteiger partial charge in [0.25, 0.3) is 5.91 Å². The molecule has 0 saturated heterocycles. The number of rotatable bonds is 7. The van der Waals surface area contributed by atoms with Crippen molar-refractivity contribution >= 4 is 11.9 Å². The summed E-state index contributed by atoms with van der Waals surface area (Å²) >= 11 is 0. The topological polar surface area (TPSA) is 75.6 Å². The average molecular weight is 387 g/mol. The minimum atomic E-state index is -1.15. The van der Waals surface area contributed by atoms with Gasteiger partial charge in [0.05, 0.1) is 12.2 Å². The van der Waals surface area contributed by atoms with E-state index in [9.17, 15) is 14.0 Å². The summed E-state index contributed by atoms with van der Waals surface area (Å²) in [6.07, 6.45) is 7.17. The summed E-state index contributed by atoms with van der Waals surface area (Å²) in [5, 5.41) is 11.3. The summed E-state index contributed by atoms with van der Waals surface area (Å²) < 4.78 is 20.9. The highest BCUT2D eigenvalue weighted by molar-refractivity contribution is 5.97. The molecule has 1 aromatic rings. The molecule has 4 bridgehead atoms. The average Bonchev–Trinajstić information content (AvgIpc) is 3.05. The van der Waals surface area contributed by atoms with Crippen molar-refractivity contribution in [3.8, 4) is 5.75 Å². The normalized spacial score (nSPS) is 33.3. The van der Waals surface area contributed by atoms with Crippen molar-refractivity contribution in [2.45, 2.75) is 57.4 Å². The molecule has 2 N–H and O–H groups in total. The predicted molar refractivity (Wildman–Crippen MR) is 99.8 cm³/mol. The van der Waals surface area contributed by atoms with Crippen LogP contribution in [0.15, 0.2) is 12.1 Å². The van der Waals surface area contributed by atoms with Gasteiger partial charge < -0.3 is 15.2 Å². The van der Waals surface area contributed by atoms with Crippen LogP contribution in [-0.4, -0.2) is 29.6 Å². The zero-order valence-electron chi connectivity index (χ0n) is 16.0. The lowest BCUT2D eigenvalue weighted by Crippen LogP contribution is -2.38. The number of carbonyl (C=O) groups excluding carboxylic acids is 1. The van der Waals surface area contributed by atoms with Gasteiger partial charge in [-0.3, -0.25) is 9.59 Å². The first-order valence-electron chi connectivity index (χ1n) is 10.4. The Hall–Kier alpha value is -2.11. The number of carboxylic acid groups (broad SMARTS) is 1. The Morgan fingerprint density at radius 2 is 1.96 bits per heavy atom. The lowest BCUT2D eigenvalue weighted by Gasteiger charge is -2.29. The van der Waals surface area contributed by atoms with E-state index in [0.29, 0.717) is 18.3 Å². The number of aliphatic carboxylic acids is 1. The van der Waals surface area contributed by atoms with E-state index in [1.54, 1.807) is 6.07 Å². The molecule has 6 rings (SSSR count). The van der Waals surface area contributed by atoms with Crippen LogP contribution in [0.4, 0.5) is 4.39 Å². The van der Waals surface area contributed by atoms with Gasteiger partial charge >= 0.3 is 5.97 Å². The fourth-order valence-corrected chi connectivity index (χ4v) is 6.05. The van der Waals surface area contributed by atoms with E-state index in [1.807, 2.05) is 0 Å². The maximum atomic E-state index is 14.7. The number of benzene rings is 1. The van der Waals surface area contributed by atoms with Crippen LogP contribution in [0.25, 0.3) is 0 Å². The number of carboxylic acids is 1. The van der Waals surface area contributed by atoms with Crippen molar-refractivity contribution in [3.63, 3.8) is 0 Å². The zero-order valence-corrected chi connectivity index (χ0v) is 16.0. The van der Waals surface area contributed by atoms with E-state index in [0.717, 1.165) is 36.2 Å². The van der Waals surface area contributed by atoms with Crippen LogP contribution in [0.5, 0.6) is 5.75 Å². The second-order valence-corrected chi connectivity index (χ2v) is 9.43. The van der Waals surface area contributed by atoms with Crippen LogP contribution in [0.1, 0.15) is 67.3 Å². The Morgan fingerprint density at radius 1 is 1.29 bits per heavy atom. The van der Waals surface area contributed by atoms with Crippen LogP contribution in [0, 0.1) is 29.0 Å². The van der Waals surface area contributed by atoms with Gasteiger partial charge in [0.1, 0.15) is 17.6 Å². The summed E-state index contributed by atoms with van der Waals surface area (Å²) in [5.74, 6) is 0.849. The predicted octanol–water partition coefficient (Wildman–Crippen LogP) is 3.72. The van der Waals surface area contributed by atoms with Crippen molar-refractivity contribution in [3.05, 3.63) is 29.1 Å². The Labute approximate surface area is 163 Å². The van der Waals surface area contributed by atoms with Gasteiger partial charge in [-0.25, -0.2) is 4.39 Å². The Morgan fingerprint density at radius 3 is 2.50 bits per heavy atom. The van der Waals surface area contributed by atoms with Crippen LogP contribution in [-0.2, 0) is 4.79 Å². The van der Waals surface area contributed by atoms with Crippen LogP contribution >= 0.6 is 0 Å². The second kappa shape index (κ2) is 6.19. The molecule has 0 radical (unpaired) electrons. The highest BCUT2D eigenvalue weighted by Gasteiger charge is 2.63. The van der Waals surface area contributed by atoms with E-state index >= 15 is 0 Å². The van der Waals surface area contributed by atoms with Gasteiger partial charge in [-0.15, -0.1) is 0 Å². The molecule has 1 amide bonds.